The van der Waals surface area contributed by atoms with E-state index in [-0.39, 0.29) is 11.7 Å². The lowest BCUT2D eigenvalue weighted by Gasteiger charge is -1.89. The van der Waals surface area contributed by atoms with Crippen molar-refractivity contribution in [2.24, 2.45) is 0 Å². The fourth-order valence-electron chi connectivity index (χ4n) is 0.602. The number of carbonyl (C=O) groups excluding carboxylic acids is 4. The predicted molar refractivity (Wildman–Crippen MR) is 79.3 cm³/mol. The third kappa shape index (κ3) is 18.9. The molecule has 0 radical (unpaired) electrons. The molecule has 114 valence electrons. The molecule has 0 unspecified atom stereocenters. The molecular formula is C16H15O6+. The molecule has 0 aliphatic heterocycles. The van der Waals surface area contributed by atoms with Gasteiger partial charge in [-0.2, -0.15) is 9.59 Å². The first-order valence-electron chi connectivity index (χ1n) is 5.40. The van der Waals surface area contributed by atoms with Gasteiger partial charge in [0.25, 0.3) is 5.78 Å². The summed E-state index contributed by atoms with van der Waals surface area (Å²) in [5.74, 6) is -2.49. The highest BCUT2D eigenvalue weighted by atomic mass is 16.4. The van der Waals surface area contributed by atoms with Gasteiger partial charge in [0.2, 0.25) is 0 Å². The van der Waals surface area contributed by atoms with Gasteiger partial charge in [0, 0.05) is 12.2 Å². The molecule has 0 aromatic heterocycles. The van der Waals surface area contributed by atoms with Crippen molar-refractivity contribution in [2.45, 2.75) is 0 Å². The largest absolute Gasteiger partial charge is 0.475 e. The van der Waals surface area contributed by atoms with Gasteiger partial charge in [-0.05, 0) is 0 Å². The molecule has 0 spiro atoms. The Labute approximate surface area is 128 Å². The first kappa shape index (κ1) is 23.6. The van der Waals surface area contributed by atoms with Crippen LogP contribution in [-0.4, -0.2) is 29.3 Å². The SMILES string of the molecule is C=CC=CC(=C)C(=O)C(=O)O.C=[C+]C=CC(=C)C=O.O=C=O. The Morgan fingerprint density at radius 2 is 1.64 bits per heavy atom. The van der Waals surface area contributed by atoms with Crippen LogP contribution < -0.4 is 0 Å². The molecule has 0 saturated carbocycles. The maximum atomic E-state index is 10.6. The van der Waals surface area contributed by atoms with Crippen LogP contribution in [0.25, 0.3) is 0 Å². The second kappa shape index (κ2) is 17.5. The first-order chi connectivity index (χ1) is 10.3. The van der Waals surface area contributed by atoms with Crippen LogP contribution in [0.3, 0.4) is 0 Å². The van der Waals surface area contributed by atoms with Gasteiger partial charge in [0.1, 0.15) is 0 Å². The topological polar surface area (TPSA) is 106 Å². The van der Waals surface area contributed by atoms with Gasteiger partial charge in [-0.15, -0.1) is 0 Å². The molecule has 0 rings (SSSR count). The lowest BCUT2D eigenvalue weighted by Crippen LogP contribution is -2.12. The van der Waals surface area contributed by atoms with Crippen molar-refractivity contribution in [3.8, 4) is 0 Å². The molecule has 0 fully saturated rings. The lowest BCUT2D eigenvalue weighted by molar-refractivity contribution is -0.191. The maximum Gasteiger partial charge on any atom is 0.377 e. The molecule has 0 aromatic carbocycles. The van der Waals surface area contributed by atoms with Crippen molar-refractivity contribution in [3.05, 3.63) is 73.9 Å². The first-order valence-corrected chi connectivity index (χ1v) is 5.40. The van der Waals surface area contributed by atoms with E-state index in [0.29, 0.717) is 11.9 Å². The Morgan fingerprint density at radius 3 is 1.95 bits per heavy atom. The summed E-state index contributed by atoms with van der Waals surface area (Å²) in [4.78, 5) is 46.7. The van der Waals surface area contributed by atoms with Crippen molar-refractivity contribution in [2.75, 3.05) is 0 Å². The maximum absolute atomic E-state index is 10.6. The van der Waals surface area contributed by atoms with Gasteiger partial charge in [-0.25, -0.2) is 4.79 Å². The van der Waals surface area contributed by atoms with Crippen LogP contribution in [-0.2, 0) is 24.0 Å². The van der Waals surface area contributed by atoms with Crippen molar-refractivity contribution in [1.82, 2.24) is 0 Å². The van der Waals surface area contributed by atoms with E-state index in [9.17, 15) is 14.4 Å². The second-order valence-electron chi connectivity index (χ2n) is 3.07. The number of hydrogen-bond donors (Lipinski definition) is 1. The molecule has 6 heteroatoms. The molecule has 22 heavy (non-hydrogen) atoms. The van der Waals surface area contributed by atoms with E-state index in [1.54, 1.807) is 6.08 Å². The van der Waals surface area contributed by atoms with Crippen molar-refractivity contribution >= 4 is 24.2 Å². The second-order valence-corrected chi connectivity index (χ2v) is 3.07. The number of allylic oxidation sites excluding steroid dienone is 7. The summed E-state index contributed by atoms with van der Waals surface area (Å²) in [5.41, 5.74) is 0.374. The number of carbonyl (C=O) groups is 3. The van der Waals surface area contributed by atoms with Crippen molar-refractivity contribution < 1.29 is 29.1 Å². The zero-order valence-corrected chi connectivity index (χ0v) is 11.8. The normalized spacial score (nSPS) is 8.18. The summed E-state index contributed by atoms with van der Waals surface area (Å²) in [5, 5.41) is 8.18. The minimum Gasteiger partial charge on any atom is -0.475 e. The van der Waals surface area contributed by atoms with Crippen LogP contribution in [0.1, 0.15) is 0 Å². The molecule has 0 saturated heterocycles. The van der Waals surface area contributed by atoms with Crippen molar-refractivity contribution in [3.63, 3.8) is 0 Å². The van der Waals surface area contributed by atoms with E-state index in [2.05, 4.69) is 32.4 Å². The van der Waals surface area contributed by atoms with Gasteiger partial charge in [-0.1, -0.05) is 38.0 Å². The zero-order chi connectivity index (χ0) is 18.0. The Kier molecular flexibility index (Phi) is 18.8. The summed E-state index contributed by atoms with van der Waals surface area (Å²) in [6.45, 7) is 13.3. The van der Waals surface area contributed by atoms with Crippen LogP contribution in [0.2, 0.25) is 0 Å². The smallest absolute Gasteiger partial charge is 0.377 e. The van der Waals surface area contributed by atoms with Crippen molar-refractivity contribution in [1.29, 1.82) is 0 Å². The van der Waals surface area contributed by atoms with Gasteiger partial charge < -0.3 is 5.11 Å². The van der Waals surface area contributed by atoms with Crippen LogP contribution in [0.5, 0.6) is 0 Å². The molecule has 0 heterocycles. The van der Waals surface area contributed by atoms with E-state index in [0.717, 1.165) is 0 Å². The number of hydrogen-bond acceptors (Lipinski definition) is 5. The predicted octanol–water partition coefficient (Wildman–Crippen LogP) is 1.64. The van der Waals surface area contributed by atoms with Crippen LogP contribution >= 0.6 is 0 Å². The average molecular weight is 303 g/mol. The number of aldehydes is 1. The summed E-state index contributed by atoms with van der Waals surface area (Å²) in [6, 6.07) is 0. The number of ketones is 1. The summed E-state index contributed by atoms with van der Waals surface area (Å²) >= 11 is 0. The Bertz CT molecular complexity index is 529. The molecule has 6 nitrogen and oxygen atoms in total. The highest BCUT2D eigenvalue weighted by Gasteiger charge is 2.12. The monoisotopic (exact) mass is 303 g/mol. The Morgan fingerprint density at radius 1 is 1.14 bits per heavy atom. The van der Waals surface area contributed by atoms with E-state index < -0.39 is 11.8 Å². The van der Waals surface area contributed by atoms with Gasteiger partial charge in [0.05, 0.1) is 17.7 Å². The third-order valence-electron chi connectivity index (χ3n) is 1.49. The summed E-state index contributed by atoms with van der Waals surface area (Å²) in [7, 11) is 0. The summed E-state index contributed by atoms with van der Waals surface area (Å²) in [6.07, 6.45) is 10.7. The fourth-order valence-corrected chi connectivity index (χ4v) is 0.602. The number of carboxylic acids is 1. The average Bonchev–Trinajstić information content (AvgIpc) is 2.50. The molecule has 0 aromatic rings. The highest BCUT2D eigenvalue weighted by molar-refractivity contribution is 6.40. The van der Waals surface area contributed by atoms with Gasteiger partial charge in [-0.3, -0.25) is 9.59 Å². The molecular weight excluding hydrogens is 288 g/mol. The molecule has 0 bridgehead atoms. The molecule has 0 aliphatic rings. The van der Waals surface area contributed by atoms with Crippen LogP contribution in [0, 0.1) is 6.08 Å². The van der Waals surface area contributed by atoms with Crippen LogP contribution in [0.4, 0.5) is 0 Å². The number of Topliss-reactive ketones (excluding diaryl/α,β-unsaturated/α-hetero) is 1. The number of carboxylic acid groups (broad SMARTS) is 1. The highest BCUT2D eigenvalue weighted by Crippen LogP contribution is 1.94. The molecule has 0 atom stereocenters. The van der Waals surface area contributed by atoms with E-state index in [1.807, 2.05) is 0 Å². The van der Waals surface area contributed by atoms with E-state index in [1.165, 1.54) is 24.3 Å². The lowest BCUT2D eigenvalue weighted by atomic mass is 10.2. The molecule has 1 N–H and O–H groups in total. The molecule has 0 amide bonds. The van der Waals surface area contributed by atoms with Gasteiger partial charge in [0.15, 0.2) is 12.4 Å². The number of rotatable bonds is 7. The van der Waals surface area contributed by atoms with Gasteiger partial charge >= 0.3 is 12.1 Å². The minimum atomic E-state index is -1.50. The Hall–Kier alpha value is -3.46. The minimum absolute atomic E-state index is 0.0580. The van der Waals surface area contributed by atoms with E-state index in [4.69, 9.17) is 14.7 Å². The van der Waals surface area contributed by atoms with E-state index >= 15 is 0 Å². The van der Waals surface area contributed by atoms with Crippen LogP contribution in [0.15, 0.2) is 67.8 Å². The quantitative estimate of drug-likeness (QED) is 0.252. The summed E-state index contributed by atoms with van der Waals surface area (Å²) < 4.78 is 0. The number of aliphatic carboxylic acids is 1. The fraction of sp³-hybridized carbons (Fsp3) is 0. The molecule has 0 aliphatic carbocycles. The standard InChI is InChI=1S/C8H8O3.C7H7O.CO2/c1-3-4-5-6(2)7(9)8(10)11;1-3-4-5-7(2)6-8;2-1-3/h3-5H,1-2H2,(H,10,11);4-6H,1-2H2;/q;+1;. The zero-order valence-electron chi connectivity index (χ0n) is 11.8. The third-order valence-corrected chi connectivity index (χ3v) is 1.49. The Balaban J connectivity index is -0.000000288.